The van der Waals surface area contributed by atoms with Gasteiger partial charge in [-0.05, 0) is 44.0 Å². The first kappa shape index (κ1) is 16.3. The molecule has 5 heteroatoms. The molecule has 0 aliphatic rings. The van der Waals surface area contributed by atoms with Crippen LogP contribution in [0.15, 0.2) is 22.7 Å². The highest BCUT2D eigenvalue weighted by atomic mass is 79.9. The van der Waals surface area contributed by atoms with E-state index in [-0.39, 0.29) is 6.04 Å². The fourth-order valence-corrected chi connectivity index (χ4v) is 3.36. The predicted molar refractivity (Wildman–Crippen MR) is 86.6 cm³/mol. The first-order chi connectivity index (χ1) is 8.51. The Hall–Kier alpha value is 0.260. The number of thioether (sulfide) groups is 1. The van der Waals surface area contributed by atoms with Crippen LogP contribution < -0.4 is 5.73 Å². The van der Waals surface area contributed by atoms with E-state index in [0.717, 1.165) is 20.8 Å². The first-order valence-electron chi connectivity index (χ1n) is 5.87. The molecule has 0 aromatic heterocycles. The summed E-state index contributed by atoms with van der Waals surface area (Å²) in [6.45, 7) is 2.80. The third kappa shape index (κ3) is 4.14. The highest BCUT2D eigenvalue weighted by Gasteiger charge is 2.22. The van der Waals surface area contributed by atoms with Crippen LogP contribution in [-0.4, -0.2) is 36.5 Å². The molecule has 1 aromatic rings. The van der Waals surface area contributed by atoms with Crippen molar-refractivity contribution in [1.29, 1.82) is 0 Å². The van der Waals surface area contributed by atoms with Crippen molar-refractivity contribution in [3.05, 3.63) is 33.3 Å². The standard InChI is InChI=1S/C13H20BrClN2S/c1-9(8-18-3)17(2)13(7-16)11-6-10(15)4-5-12(11)14/h4-6,9,13H,7-8,16H2,1-3H3. The summed E-state index contributed by atoms with van der Waals surface area (Å²) in [6, 6.07) is 6.51. The maximum absolute atomic E-state index is 6.08. The normalized spacial score (nSPS) is 14.8. The fourth-order valence-electron chi connectivity index (χ4n) is 1.95. The monoisotopic (exact) mass is 350 g/mol. The van der Waals surface area contributed by atoms with Gasteiger partial charge in [-0.3, -0.25) is 4.90 Å². The van der Waals surface area contributed by atoms with Gasteiger partial charge < -0.3 is 5.73 Å². The largest absolute Gasteiger partial charge is 0.329 e. The van der Waals surface area contributed by atoms with Gasteiger partial charge in [0, 0.05) is 33.9 Å². The molecule has 0 saturated heterocycles. The Morgan fingerprint density at radius 1 is 1.50 bits per heavy atom. The molecule has 0 amide bonds. The lowest BCUT2D eigenvalue weighted by molar-refractivity contribution is 0.203. The van der Waals surface area contributed by atoms with Crippen LogP contribution >= 0.6 is 39.3 Å². The van der Waals surface area contributed by atoms with Crippen LogP contribution in [0.2, 0.25) is 5.02 Å². The highest BCUT2D eigenvalue weighted by Crippen LogP contribution is 2.30. The number of halogens is 2. The Balaban J connectivity index is 2.98. The summed E-state index contributed by atoms with van der Waals surface area (Å²) in [4.78, 5) is 2.31. The summed E-state index contributed by atoms with van der Waals surface area (Å²) in [5, 5.41) is 0.748. The van der Waals surface area contributed by atoms with Gasteiger partial charge in [0.2, 0.25) is 0 Å². The number of hydrogen-bond acceptors (Lipinski definition) is 3. The van der Waals surface area contributed by atoms with Crippen LogP contribution in [0.3, 0.4) is 0 Å². The van der Waals surface area contributed by atoms with E-state index in [4.69, 9.17) is 17.3 Å². The van der Waals surface area contributed by atoms with Crippen molar-refractivity contribution < 1.29 is 0 Å². The Morgan fingerprint density at radius 3 is 2.72 bits per heavy atom. The van der Waals surface area contributed by atoms with Gasteiger partial charge in [0.15, 0.2) is 0 Å². The molecular weight excluding hydrogens is 332 g/mol. The van der Waals surface area contributed by atoms with Crippen LogP contribution in [0.25, 0.3) is 0 Å². The van der Waals surface area contributed by atoms with Crippen molar-refractivity contribution in [1.82, 2.24) is 4.90 Å². The SMILES string of the molecule is CSCC(C)N(C)C(CN)c1cc(Cl)ccc1Br. The molecule has 0 fully saturated rings. The molecular formula is C13H20BrClN2S. The number of nitrogens with two attached hydrogens (primary N) is 1. The number of benzene rings is 1. The predicted octanol–water partition coefficient (Wildman–Crippen LogP) is 3.79. The van der Waals surface area contributed by atoms with Gasteiger partial charge in [-0.1, -0.05) is 27.5 Å². The van der Waals surface area contributed by atoms with Gasteiger partial charge >= 0.3 is 0 Å². The summed E-state index contributed by atoms with van der Waals surface area (Å²) >= 11 is 11.5. The smallest absolute Gasteiger partial charge is 0.0482 e. The van der Waals surface area contributed by atoms with Crippen molar-refractivity contribution in [3.8, 4) is 0 Å². The van der Waals surface area contributed by atoms with Crippen molar-refractivity contribution in [3.63, 3.8) is 0 Å². The first-order valence-corrected chi connectivity index (χ1v) is 8.43. The summed E-state index contributed by atoms with van der Waals surface area (Å²) < 4.78 is 1.06. The van der Waals surface area contributed by atoms with E-state index < -0.39 is 0 Å². The van der Waals surface area contributed by atoms with Crippen LogP contribution in [-0.2, 0) is 0 Å². The number of rotatable bonds is 6. The van der Waals surface area contributed by atoms with Gasteiger partial charge in [0.1, 0.15) is 0 Å². The van der Waals surface area contributed by atoms with Crippen LogP contribution in [0, 0.1) is 0 Å². The molecule has 18 heavy (non-hydrogen) atoms. The minimum Gasteiger partial charge on any atom is -0.329 e. The Labute approximate surface area is 127 Å². The molecule has 0 aliphatic heterocycles. The molecule has 0 bridgehead atoms. The van der Waals surface area contributed by atoms with Gasteiger partial charge in [0.05, 0.1) is 0 Å². The fraction of sp³-hybridized carbons (Fsp3) is 0.538. The van der Waals surface area contributed by atoms with Gasteiger partial charge in [-0.25, -0.2) is 0 Å². The van der Waals surface area contributed by atoms with E-state index in [1.54, 1.807) is 0 Å². The van der Waals surface area contributed by atoms with E-state index in [1.807, 2.05) is 30.0 Å². The molecule has 102 valence electrons. The van der Waals surface area contributed by atoms with Crippen molar-refractivity contribution in [2.75, 3.05) is 25.6 Å². The molecule has 2 nitrogen and oxygen atoms in total. The maximum Gasteiger partial charge on any atom is 0.0482 e. The second kappa shape index (κ2) is 7.75. The Bertz CT molecular complexity index is 389. The molecule has 2 atom stereocenters. The molecule has 2 N–H and O–H groups in total. The lowest BCUT2D eigenvalue weighted by Gasteiger charge is -2.33. The summed E-state index contributed by atoms with van der Waals surface area (Å²) in [7, 11) is 2.12. The third-order valence-electron chi connectivity index (χ3n) is 3.14. The zero-order valence-corrected chi connectivity index (χ0v) is 14.1. The van der Waals surface area contributed by atoms with Crippen molar-refractivity contribution >= 4 is 39.3 Å². The molecule has 0 heterocycles. The lowest BCUT2D eigenvalue weighted by Crippen LogP contribution is -2.38. The zero-order valence-electron chi connectivity index (χ0n) is 11.0. The molecule has 1 aromatic carbocycles. The Morgan fingerprint density at radius 2 is 2.17 bits per heavy atom. The molecule has 0 radical (unpaired) electrons. The topological polar surface area (TPSA) is 29.3 Å². The van der Waals surface area contributed by atoms with Gasteiger partial charge in [-0.15, -0.1) is 0 Å². The molecule has 0 aliphatic carbocycles. The number of nitrogens with zero attached hydrogens (tertiary/aromatic N) is 1. The highest BCUT2D eigenvalue weighted by molar-refractivity contribution is 9.10. The zero-order chi connectivity index (χ0) is 13.7. The van der Waals surface area contributed by atoms with Crippen LogP contribution in [0.1, 0.15) is 18.5 Å². The Kier molecular flexibility index (Phi) is 7.03. The summed E-state index contributed by atoms with van der Waals surface area (Å²) in [6.07, 6.45) is 2.12. The van der Waals surface area contributed by atoms with Crippen LogP contribution in [0.5, 0.6) is 0 Å². The molecule has 1 rings (SSSR count). The van der Waals surface area contributed by atoms with E-state index in [2.05, 4.69) is 41.1 Å². The van der Waals surface area contributed by atoms with Gasteiger partial charge in [0.25, 0.3) is 0 Å². The van der Waals surface area contributed by atoms with Crippen LogP contribution in [0.4, 0.5) is 0 Å². The minimum atomic E-state index is 0.181. The lowest BCUT2D eigenvalue weighted by atomic mass is 10.0. The average Bonchev–Trinajstić information content (AvgIpc) is 2.34. The van der Waals surface area contributed by atoms with Crippen molar-refractivity contribution in [2.45, 2.75) is 19.0 Å². The number of likely N-dealkylation sites (N-methyl/N-ethyl adjacent to an activating group) is 1. The van der Waals surface area contributed by atoms with E-state index >= 15 is 0 Å². The summed E-state index contributed by atoms with van der Waals surface area (Å²) in [5.41, 5.74) is 7.10. The molecule has 0 saturated carbocycles. The second-order valence-corrected chi connectivity index (χ2v) is 6.59. The minimum absolute atomic E-state index is 0.181. The van der Waals surface area contributed by atoms with E-state index in [1.165, 1.54) is 0 Å². The molecule has 2 unspecified atom stereocenters. The summed E-state index contributed by atoms with van der Waals surface area (Å²) in [5.74, 6) is 1.09. The average molecular weight is 352 g/mol. The number of hydrogen-bond donors (Lipinski definition) is 1. The third-order valence-corrected chi connectivity index (χ3v) is 4.91. The molecule has 0 spiro atoms. The van der Waals surface area contributed by atoms with E-state index in [0.29, 0.717) is 12.6 Å². The van der Waals surface area contributed by atoms with E-state index in [9.17, 15) is 0 Å². The maximum atomic E-state index is 6.08. The quantitative estimate of drug-likeness (QED) is 0.845. The van der Waals surface area contributed by atoms with Crippen molar-refractivity contribution in [2.24, 2.45) is 5.73 Å². The second-order valence-electron chi connectivity index (χ2n) is 4.39. The van der Waals surface area contributed by atoms with Gasteiger partial charge in [-0.2, -0.15) is 11.8 Å².